The van der Waals surface area contributed by atoms with Crippen LogP contribution in [0.15, 0.2) is 61.1 Å². The van der Waals surface area contributed by atoms with E-state index in [9.17, 15) is 9.18 Å². The van der Waals surface area contributed by atoms with Crippen molar-refractivity contribution in [2.75, 3.05) is 5.32 Å². The lowest BCUT2D eigenvalue weighted by atomic mass is 10.1. The van der Waals surface area contributed by atoms with Gasteiger partial charge in [-0.05, 0) is 50.2 Å². The van der Waals surface area contributed by atoms with Gasteiger partial charge in [-0.25, -0.2) is 9.37 Å². The molecule has 0 bridgehead atoms. The van der Waals surface area contributed by atoms with Crippen molar-refractivity contribution in [2.45, 2.75) is 26.4 Å². The van der Waals surface area contributed by atoms with E-state index in [1.54, 1.807) is 12.4 Å². The number of carbonyl (C=O) groups is 1. The smallest absolute Gasteiger partial charge is 0.248 e. The lowest BCUT2D eigenvalue weighted by Gasteiger charge is -2.06. The van der Waals surface area contributed by atoms with E-state index >= 15 is 0 Å². The summed E-state index contributed by atoms with van der Waals surface area (Å²) in [6, 6.07) is 11.8. The number of hydrogen-bond donors (Lipinski definition) is 3. The second-order valence-electron chi connectivity index (χ2n) is 8.39. The molecule has 0 saturated carbocycles. The molecule has 4 N–H and O–H groups in total. The molecule has 0 aliphatic rings. The minimum Gasteiger partial charge on any atom is -0.378 e. The molecule has 2 aromatic carbocycles. The summed E-state index contributed by atoms with van der Waals surface area (Å²) in [5, 5.41) is 7.80. The van der Waals surface area contributed by atoms with Gasteiger partial charge in [-0.15, -0.1) is 0 Å². The fraction of sp³-hybridized carbons (Fsp3) is 0.160. The number of H-pyrrole nitrogens is 1. The van der Waals surface area contributed by atoms with Gasteiger partial charge in [0.1, 0.15) is 17.3 Å². The summed E-state index contributed by atoms with van der Waals surface area (Å²) < 4.78 is 15.8. The number of halogens is 1. The minimum atomic E-state index is -0.699. The number of aromatic amines is 1. The van der Waals surface area contributed by atoms with Crippen LogP contribution >= 0.6 is 0 Å². The number of nitrogens with zero attached hydrogens (tertiary/aromatic N) is 5. The molecule has 3 heterocycles. The molecule has 9 nitrogen and oxygen atoms in total. The van der Waals surface area contributed by atoms with Crippen LogP contribution in [0.3, 0.4) is 0 Å². The molecule has 5 aromatic rings. The number of nitrogens with two attached hydrogens (primary N) is 1. The molecule has 0 spiro atoms. The van der Waals surface area contributed by atoms with E-state index in [0.717, 1.165) is 34.1 Å². The van der Waals surface area contributed by atoms with Gasteiger partial charge in [0.2, 0.25) is 5.91 Å². The maximum absolute atomic E-state index is 13.9. The molecule has 0 aliphatic carbocycles. The largest absolute Gasteiger partial charge is 0.378 e. The predicted molar refractivity (Wildman–Crippen MR) is 131 cm³/mol. The van der Waals surface area contributed by atoms with E-state index in [0.29, 0.717) is 17.2 Å². The fourth-order valence-corrected chi connectivity index (χ4v) is 3.79. The first-order chi connectivity index (χ1) is 16.9. The highest BCUT2D eigenvalue weighted by atomic mass is 19.1. The van der Waals surface area contributed by atoms with Crippen LogP contribution in [0.25, 0.3) is 33.7 Å². The molecule has 0 aliphatic heterocycles. The second kappa shape index (κ2) is 8.98. The van der Waals surface area contributed by atoms with E-state index in [1.165, 1.54) is 12.1 Å². The summed E-state index contributed by atoms with van der Waals surface area (Å²) in [5.74, 6) is -0.644. The lowest BCUT2D eigenvalue weighted by molar-refractivity contribution is 0.1000. The van der Waals surface area contributed by atoms with Crippen molar-refractivity contribution in [2.24, 2.45) is 5.73 Å². The van der Waals surface area contributed by atoms with Crippen molar-refractivity contribution >= 4 is 22.6 Å². The van der Waals surface area contributed by atoms with Crippen LogP contribution in [-0.2, 0) is 6.54 Å². The summed E-state index contributed by atoms with van der Waals surface area (Å²) >= 11 is 0. The molecule has 0 radical (unpaired) electrons. The number of aromatic nitrogens is 6. The monoisotopic (exact) mass is 470 g/mol. The Balaban J connectivity index is 1.52. The Labute approximate surface area is 200 Å². The van der Waals surface area contributed by atoms with Gasteiger partial charge in [0.25, 0.3) is 0 Å². The summed E-state index contributed by atoms with van der Waals surface area (Å²) in [4.78, 5) is 28.4. The van der Waals surface area contributed by atoms with E-state index in [4.69, 9.17) is 15.8 Å². The molecule has 5 rings (SSSR count). The Bertz CT molecular complexity index is 1540. The van der Waals surface area contributed by atoms with Crippen LogP contribution in [0.5, 0.6) is 0 Å². The number of anilines is 1. The van der Waals surface area contributed by atoms with Gasteiger partial charge < -0.3 is 16.0 Å². The normalized spacial score (nSPS) is 11.3. The Morgan fingerprint density at radius 2 is 1.91 bits per heavy atom. The molecule has 3 aromatic heterocycles. The molecule has 0 atom stereocenters. The number of benzene rings is 2. The fourth-order valence-electron chi connectivity index (χ4n) is 3.79. The number of amides is 1. The summed E-state index contributed by atoms with van der Waals surface area (Å²) in [6.07, 6.45) is 5.23. The quantitative estimate of drug-likeness (QED) is 0.325. The molecule has 0 unspecified atom stereocenters. The van der Waals surface area contributed by atoms with Crippen LogP contribution in [0.4, 0.5) is 10.1 Å². The maximum Gasteiger partial charge on any atom is 0.248 e. The molecule has 35 heavy (non-hydrogen) atoms. The Morgan fingerprint density at radius 3 is 2.66 bits per heavy atom. The van der Waals surface area contributed by atoms with Crippen LogP contribution in [0.1, 0.15) is 36.1 Å². The number of primary amides is 1. The average molecular weight is 471 g/mol. The number of imidazole rings is 1. The van der Waals surface area contributed by atoms with Crippen molar-refractivity contribution in [3.8, 4) is 22.6 Å². The molecule has 176 valence electrons. The first-order valence-corrected chi connectivity index (χ1v) is 11.1. The molecular formula is C25H23FN8O. The highest BCUT2D eigenvalue weighted by Gasteiger charge is 2.18. The van der Waals surface area contributed by atoms with E-state index in [2.05, 4.69) is 34.1 Å². The maximum atomic E-state index is 13.9. The van der Waals surface area contributed by atoms with Crippen molar-refractivity contribution in [1.29, 1.82) is 0 Å². The average Bonchev–Trinajstić information content (AvgIpc) is 3.50. The van der Waals surface area contributed by atoms with E-state index in [-0.39, 0.29) is 18.2 Å². The van der Waals surface area contributed by atoms with E-state index in [1.807, 2.05) is 35.1 Å². The van der Waals surface area contributed by atoms with Crippen molar-refractivity contribution in [3.05, 3.63) is 78.3 Å². The zero-order valence-corrected chi connectivity index (χ0v) is 19.2. The van der Waals surface area contributed by atoms with Crippen molar-refractivity contribution in [3.63, 3.8) is 0 Å². The van der Waals surface area contributed by atoms with Gasteiger partial charge in [-0.1, -0.05) is 6.07 Å². The van der Waals surface area contributed by atoms with Crippen LogP contribution in [0.2, 0.25) is 0 Å². The van der Waals surface area contributed by atoms with Gasteiger partial charge in [-0.2, -0.15) is 5.10 Å². The zero-order valence-electron chi connectivity index (χ0n) is 19.2. The molecule has 0 fully saturated rings. The number of fused-ring (bicyclic) bond motifs is 1. The number of carbonyl (C=O) groups excluding carboxylic acids is 1. The van der Waals surface area contributed by atoms with Crippen LogP contribution < -0.4 is 11.1 Å². The zero-order chi connectivity index (χ0) is 24.5. The van der Waals surface area contributed by atoms with Crippen molar-refractivity contribution in [1.82, 2.24) is 29.7 Å². The van der Waals surface area contributed by atoms with Crippen LogP contribution in [0, 0.1) is 5.82 Å². The lowest BCUT2D eigenvalue weighted by Crippen LogP contribution is -2.12. The molecule has 10 heteroatoms. The SMILES string of the molecule is CC(C)n1ccc(-c2[nH]c(CNc3cc(F)cc(C(N)=O)c3)nc2-c2ccc3nccnc3c2)n1. The van der Waals surface area contributed by atoms with Gasteiger partial charge in [0.05, 0.1) is 29.0 Å². The third-order valence-corrected chi connectivity index (χ3v) is 5.53. The van der Waals surface area contributed by atoms with Gasteiger partial charge in [-0.3, -0.25) is 19.4 Å². The Hall–Kier alpha value is -4.60. The van der Waals surface area contributed by atoms with E-state index < -0.39 is 11.7 Å². The first kappa shape index (κ1) is 22.2. The Kier molecular flexibility index (Phi) is 5.69. The van der Waals surface area contributed by atoms with Crippen LogP contribution in [-0.4, -0.2) is 35.6 Å². The summed E-state index contributed by atoms with van der Waals surface area (Å²) in [6.45, 7) is 4.37. The third kappa shape index (κ3) is 4.58. The van der Waals surface area contributed by atoms with Gasteiger partial charge in [0.15, 0.2) is 0 Å². The predicted octanol–water partition coefficient (Wildman–Crippen LogP) is 4.31. The second-order valence-corrected chi connectivity index (χ2v) is 8.39. The molecular weight excluding hydrogens is 447 g/mol. The summed E-state index contributed by atoms with van der Waals surface area (Å²) in [5.41, 5.74) is 10.4. The summed E-state index contributed by atoms with van der Waals surface area (Å²) in [7, 11) is 0. The third-order valence-electron chi connectivity index (χ3n) is 5.53. The number of rotatable bonds is 7. The minimum absolute atomic E-state index is 0.0878. The highest BCUT2D eigenvalue weighted by molar-refractivity contribution is 5.93. The highest BCUT2D eigenvalue weighted by Crippen LogP contribution is 2.31. The van der Waals surface area contributed by atoms with Gasteiger partial charge >= 0.3 is 0 Å². The Morgan fingerprint density at radius 1 is 1.11 bits per heavy atom. The van der Waals surface area contributed by atoms with Crippen molar-refractivity contribution < 1.29 is 9.18 Å². The first-order valence-electron chi connectivity index (χ1n) is 11.1. The topological polar surface area (TPSA) is 127 Å². The molecule has 1 amide bonds. The van der Waals surface area contributed by atoms with Gasteiger partial charge in [0, 0.05) is 41.4 Å². The number of nitrogens with one attached hydrogen (secondary N) is 2. The molecule has 0 saturated heterocycles. The number of hydrogen-bond acceptors (Lipinski definition) is 6. The standard InChI is InChI=1S/C25H23FN8O/c1-14(2)34-8-5-20(33-34)24-23(15-3-4-19-21(11-15)29-7-6-28-19)31-22(32-24)13-30-18-10-16(25(27)35)9-17(26)12-18/h3-12,14,30H,13H2,1-2H3,(H2,27,35)(H,31,32).